The average Bonchev–Trinajstić information content (AvgIpc) is 2.37. The Hall–Kier alpha value is -1.51. The van der Waals surface area contributed by atoms with Crippen molar-refractivity contribution in [3.8, 4) is 0 Å². The van der Waals surface area contributed by atoms with Gasteiger partial charge in [-0.05, 0) is 48.4 Å². The zero-order chi connectivity index (χ0) is 13.0. The molecular weight excluding hydrogens is 244 g/mol. The minimum Gasteiger partial charge on any atom is -0.399 e. The molecule has 2 rings (SSSR count). The van der Waals surface area contributed by atoms with Gasteiger partial charge in [0.15, 0.2) is 0 Å². The minimum atomic E-state index is 0.295. The van der Waals surface area contributed by atoms with Crippen LogP contribution in [-0.2, 0) is 6.42 Å². The Morgan fingerprint density at radius 2 is 1.78 bits per heavy atom. The van der Waals surface area contributed by atoms with Gasteiger partial charge in [0.25, 0.3) is 0 Å². The Morgan fingerprint density at radius 3 is 2.39 bits per heavy atom. The van der Waals surface area contributed by atoms with Crippen molar-refractivity contribution in [2.45, 2.75) is 12.3 Å². The first-order chi connectivity index (χ1) is 8.69. The smallest absolute Gasteiger partial charge is 0.0406 e. The van der Waals surface area contributed by atoms with Crippen LogP contribution in [0.25, 0.3) is 0 Å². The molecule has 3 heteroatoms. The third-order valence-corrected chi connectivity index (χ3v) is 3.31. The van der Waals surface area contributed by atoms with Crippen molar-refractivity contribution >= 4 is 17.3 Å². The van der Waals surface area contributed by atoms with Crippen LogP contribution in [0.2, 0.25) is 5.02 Å². The standard InChI is InChI=1S/C15H17ClN2/c16-14-6-4-12(5-7-14)13(10-17)8-11-2-1-3-15(18)9-11/h1-7,9,13H,8,10,17-18H2. The average molecular weight is 261 g/mol. The molecule has 0 fully saturated rings. The Bertz CT molecular complexity index is 508. The molecule has 4 N–H and O–H groups in total. The summed E-state index contributed by atoms with van der Waals surface area (Å²) in [5.41, 5.74) is 14.9. The van der Waals surface area contributed by atoms with E-state index >= 15 is 0 Å². The van der Waals surface area contributed by atoms with Crippen LogP contribution >= 0.6 is 11.6 Å². The molecule has 0 aliphatic carbocycles. The van der Waals surface area contributed by atoms with E-state index in [1.165, 1.54) is 11.1 Å². The fourth-order valence-electron chi connectivity index (χ4n) is 2.08. The highest BCUT2D eigenvalue weighted by Gasteiger charge is 2.10. The number of rotatable bonds is 4. The van der Waals surface area contributed by atoms with Crippen LogP contribution in [0.3, 0.4) is 0 Å². The van der Waals surface area contributed by atoms with E-state index in [4.69, 9.17) is 23.1 Å². The Labute approximate surface area is 113 Å². The summed E-state index contributed by atoms with van der Waals surface area (Å²) < 4.78 is 0. The molecule has 0 bridgehead atoms. The van der Waals surface area contributed by atoms with Crippen molar-refractivity contribution in [1.82, 2.24) is 0 Å². The lowest BCUT2D eigenvalue weighted by atomic mass is 9.92. The van der Waals surface area contributed by atoms with Gasteiger partial charge in [-0.3, -0.25) is 0 Å². The first-order valence-corrected chi connectivity index (χ1v) is 6.37. The molecule has 0 saturated carbocycles. The molecule has 0 radical (unpaired) electrons. The second kappa shape index (κ2) is 5.89. The van der Waals surface area contributed by atoms with Gasteiger partial charge in [0.1, 0.15) is 0 Å². The number of nitrogens with two attached hydrogens (primary N) is 2. The molecular formula is C15H17ClN2. The molecule has 0 amide bonds. The highest BCUT2D eigenvalue weighted by Crippen LogP contribution is 2.22. The van der Waals surface area contributed by atoms with E-state index in [2.05, 4.69) is 6.07 Å². The molecule has 0 saturated heterocycles. The topological polar surface area (TPSA) is 52.0 Å². The fraction of sp³-hybridized carbons (Fsp3) is 0.200. The van der Waals surface area contributed by atoms with Crippen LogP contribution in [0.1, 0.15) is 17.0 Å². The van der Waals surface area contributed by atoms with Gasteiger partial charge >= 0.3 is 0 Å². The van der Waals surface area contributed by atoms with Gasteiger partial charge in [-0.15, -0.1) is 0 Å². The summed E-state index contributed by atoms with van der Waals surface area (Å²) >= 11 is 5.89. The Morgan fingerprint density at radius 1 is 1.06 bits per heavy atom. The maximum atomic E-state index is 5.89. The number of nitrogen functional groups attached to an aromatic ring is 1. The second-order valence-corrected chi connectivity index (χ2v) is 4.87. The predicted molar refractivity (Wildman–Crippen MR) is 77.8 cm³/mol. The van der Waals surface area contributed by atoms with Crippen molar-refractivity contribution in [3.05, 3.63) is 64.7 Å². The number of benzene rings is 2. The lowest BCUT2D eigenvalue weighted by molar-refractivity contribution is 0.694. The van der Waals surface area contributed by atoms with Crippen LogP contribution in [-0.4, -0.2) is 6.54 Å². The molecule has 18 heavy (non-hydrogen) atoms. The molecule has 2 aromatic carbocycles. The molecule has 2 nitrogen and oxygen atoms in total. The van der Waals surface area contributed by atoms with E-state index in [0.29, 0.717) is 12.5 Å². The molecule has 1 atom stereocenters. The van der Waals surface area contributed by atoms with Crippen LogP contribution < -0.4 is 11.5 Å². The van der Waals surface area contributed by atoms with E-state index < -0.39 is 0 Å². The van der Waals surface area contributed by atoms with Gasteiger partial charge in [0, 0.05) is 16.6 Å². The van der Waals surface area contributed by atoms with Crippen LogP contribution in [0, 0.1) is 0 Å². The maximum Gasteiger partial charge on any atom is 0.0406 e. The Kier molecular flexibility index (Phi) is 4.24. The molecule has 0 heterocycles. The van der Waals surface area contributed by atoms with Crippen LogP contribution in [0.15, 0.2) is 48.5 Å². The van der Waals surface area contributed by atoms with Gasteiger partial charge in [-0.1, -0.05) is 35.9 Å². The normalized spacial score (nSPS) is 12.3. The highest BCUT2D eigenvalue weighted by atomic mass is 35.5. The molecule has 1 unspecified atom stereocenters. The van der Waals surface area contributed by atoms with E-state index in [1.807, 2.05) is 42.5 Å². The molecule has 0 aliphatic rings. The third-order valence-electron chi connectivity index (χ3n) is 3.06. The Balaban J connectivity index is 2.17. The molecule has 0 aliphatic heterocycles. The molecule has 94 valence electrons. The van der Waals surface area contributed by atoms with Gasteiger partial charge in [-0.25, -0.2) is 0 Å². The zero-order valence-corrected chi connectivity index (χ0v) is 10.9. The van der Waals surface area contributed by atoms with E-state index in [1.54, 1.807) is 0 Å². The van der Waals surface area contributed by atoms with Crippen molar-refractivity contribution in [1.29, 1.82) is 0 Å². The van der Waals surface area contributed by atoms with Crippen molar-refractivity contribution < 1.29 is 0 Å². The monoisotopic (exact) mass is 260 g/mol. The number of hydrogen-bond donors (Lipinski definition) is 2. The summed E-state index contributed by atoms with van der Waals surface area (Å²) in [5.74, 6) is 0.295. The van der Waals surface area contributed by atoms with Gasteiger partial charge < -0.3 is 11.5 Å². The van der Waals surface area contributed by atoms with E-state index in [-0.39, 0.29) is 0 Å². The quantitative estimate of drug-likeness (QED) is 0.830. The van der Waals surface area contributed by atoms with Crippen molar-refractivity contribution in [2.24, 2.45) is 5.73 Å². The summed E-state index contributed by atoms with van der Waals surface area (Å²) in [5, 5.41) is 0.749. The third kappa shape index (κ3) is 3.25. The number of anilines is 1. The van der Waals surface area contributed by atoms with Gasteiger partial charge in [0.05, 0.1) is 0 Å². The van der Waals surface area contributed by atoms with E-state index in [9.17, 15) is 0 Å². The second-order valence-electron chi connectivity index (χ2n) is 4.43. The zero-order valence-electron chi connectivity index (χ0n) is 10.1. The van der Waals surface area contributed by atoms with Crippen LogP contribution in [0.4, 0.5) is 5.69 Å². The van der Waals surface area contributed by atoms with Gasteiger partial charge in [0.2, 0.25) is 0 Å². The minimum absolute atomic E-state index is 0.295. The summed E-state index contributed by atoms with van der Waals surface area (Å²) in [6.45, 7) is 0.608. The summed E-state index contributed by atoms with van der Waals surface area (Å²) in [7, 11) is 0. The first kappa shape index (κ1) is 12.9. The molecule has 0 spiro atoms. The maximum absolute atomic E-state index is 5.89. The van der Waals surface area contributed by atoms with Crippen molar-refractivity contribution in [3.63, 3.8) is 0 Å². The lowest BCUT2D eigenvalue weighted by Crippen LogP contribution is -2.15. The number of hydrogen-bond acceptors (Lipinski definition) is 2. The van der Waals surface area contributed by atoms with Crippen LogP contribution in [0.5, 0.6) is 0 Å². The summed E-state index contributed by atoms with van der Waals surface area (Å²) in [6, 6.07) is 15.8. The summed E-state index contributed by atoms with van der Waals surface area (Å²) in [4.78, 5) is 0. The van der Waals surface area contributed by atoms with Gasteiger partial charge in [-0.2, -0.15) is 0 Å². The molecule has 0 aromatic heterocycles. The number of halogens is 1. The first-order valence-electron chi connectivity index (χ1n) is 5.99. The van der Waals surface area contributed by atoms with Crippen molar-refractivity contribution in [2.75, 3.05) is 12.3 Å². The SMILES string of the molecule is NCC(Cc1cccc(N)c1)c1ccc(Cl)cc1. The largest absolute Gasteiger partial charge is 0.399 e. The highest BCUT2D eigenvalue weighted by molar-refractivity contribution is 6.30. The molecule has 2 aromatic rings. The van der Waals surface area contributed by atoms with E-state index in [0.717, 1.165) is 17.1 Å². The summed E-state index contributed by atoms with van der Waals surface area (Å²) in [6.07, 6.45) is 0.892. The fourth-order valence-corrected chi connectivity index (χ4v) is 2.20. The predicted octanol–water partition coefficient (Wildman–Crippen LogP) is 3.21. The lowest BCUT2D eigenvalue weighted by Gasteiger charge is -2.15.